The van der Waals surface area contributed by atoms with E-state index in [1.807, 2.05) is 30.9 Å². The highest BCUT2D eigenvalue weighted by molar-refractivity contribution is 6.30. The van der Waals surface area contributed by atoms with E-state index in [2.05, 4.69) is 9.97 Å². The lowest BCUT2D eigenvalue weighted by atomic mass is 9.97. The Labute approximate surface area is 163 Å². The topological polar surface area (TPSA) is 68.1 Å². The summed E-state index contributed by atoms with van der Waals surface area (Å²) in [7, 11) is 0. The zero-order valence-electron chi connectivity index (χ0n) is 15.6. The van der Waals surface area contributed by atoms with E-state index < -0.39 is 0 Å². The highest BCUT2D eigenvalue weighted by Gasteiger charge is 2.42. The maximum Gasteiger partial charge on any atom is 0.347 e. The zero-order chi connectivity index (χ0) is 19.1. The number of nitrogens with zero attached hydrogens (tertiary/aromatic N) is 4. The quantitative estimate of drug-likeness (QED) is 0.810. The Balaban J connectivity index is 1.45. The molecule has 6 nitrogen and oxygen atoms in total. The van der Waals surface area contributed by atoms with Crippen molar-refractivity contribution in [3.8, 4) is 0 Å². The second kappa shape index (κ2) is 7.08. The lowest BCUT2D eigenvalue weighted by Gasteiger charge is -2.36. The molecule has 0 N–H and O–H groups in total. The molecule has 2 aromatic heterocycles. The van der Waals surface area contributed by atoms with Gasteiger partial charge in [-0.15, -0.1) is 0 Å². The predicted molar refractivity (Wildman–Crippen MR) is 103 cm³/mol. The molecule has 142 valence electrons. The van der Waals surface area contributed by atoms with Crippen LogP contribution in [0, 0.1) is 13.8 Å². The molecule has 0 spiro atoms. The molecular weight excluding hydrogens is 364 g/mol. The van der Waals surface area contributed by atoms with E-state index in [4.69, 9.17) is 11.6 Å². The summed E-state index contributed by atoms with van der Waals surface area (Å²) in [6.45, 7) is 4.22. The molecular formula is C20H23ClN4O2. The Morgan fingerprint density at radius 2 is 2.11 bits per heavy atom. The van der Waals surface area contributed by atoms with Crippen molar-refractivity contribution in [2.24, 2.45) is 0 Å². The first-order valence-electron chi connectivity index (χ1n) is 9.44. The Kier molecular flexibility index (Phi) is 4.76. The Morgan fingerprint density at radius 3 is 2.89 bits per heavy atom. The van der Waals surface area contributed by atoms with Gasteiger partial charge in [0.2, 0.25) is 5.91 Å². The first-order valence-corrected chi connectivity index (χ1v) is 9.82. The minimum absolute atomic E-state index is 0.0861. The normalized spacial score (nSPS) is 20.6. The highest BCUT2D eigenvalue weighted by Crippen LogP contribution is 2.44. The van der Waals surface area contributed by atoms with E-state index in [0.29, 0.717) is 24.4 Å². The van der Waals surface area contributed by atoms with Crippen molar-refractivity contribution in [2.75, 3.05) is 0 Å². The van der Waals surface area contributed by atoms with E-state index in [1.54, 1.807) is 10.8 Å². The van der Waals surface area contributed by atoms with Gasteiger partial charge in [0.1, 0.15) is 0 Å². The van der Waals surface area contributed by atoms with E-state index in [9.17, 15) is 9.59 Å². The fraction of sp³-hybridized carbons (Fsp3) is 0.500. The number of hydrogen-bond acceptors (Lipinski definition) is 4. The molecule has 2 aliphatic rings. The van der Waals surface area contributed by atoms with Crippen molar-refractivity contribution in [1.29, 1.82) is 0 Å². The summed E-state index contributed by atoms with van der Waals surface area (Å²) in [4.78, 5) is 35.5. The lowest BCUT2D eigenvalue weighted by Crippen LogP contribution is -2.42. The smallest absolute Gasteiger partial charge is 0.332 e. The number of amides is 1. The van der Waals surface area contributed by atoms with Gasteiger partial charge in [0, 0.05) is 48.7 Å². The molecule has 1 amide bonds. The van der Waals surface area contributed by atoms with Crippen molar-refractivity contribution in [3.63, 3.8) is 0 Å². The molecule has 1 fully saturated rings. The Bertz CT molecular complexity index is 955. The Morgan fingerprint density at radius 1 is 1.30 bits per heavy atom. The van der Waals surface area contributed by atoms with Gasteiger partial charge in [0.05, 0.1) is 11.1 Å². The molecule has 0 aromatic carbocycles. The molecule has 2 aliphatic heterocycles. The fourth-order valence-corrected chi connectivity index (χ4v) is 4.66. The molecule has 4 rings (SSSR count). The number of fused-ring (bicyclic) bond motifs is 4. The van der Waals surface area contributed by atoms with Crippen LogP contribution in [0.2, 0.25) is 5.02 Å². The lowest BCUT2D eigenvalue weighted by molar-refractivity contribution is -0.134. The number of aryl methyl sites for hydroxylation is 2. The van der Waals surface area contributed by atoms with Gasteiger partial charge in [-0.2, -0.15) is 4.98 Å². The molecule has 2 atom stereocenters. The summed E-state index contributed by atoms with van der Waals surface area (Å²) in [5.74, 6) is 0.152. The van der Waals surface area contributed by atoms with Crippen LogP contribution in [0.1, 0.15) is 54.4 Å². The molecule has 1 saturated heterocycles. The second-order valence-corrected chi connectivity index (χ2v) is 7.95. The molecule has 2 aromatic rings. The predicted octanol–water partition coefficient (Wildman–Crippen LogP) is 2.98. The van der Waals surface area contributed by atoms with Crippen LogP contribution in [0.15, 0.2) is 23.1 Å². The Hall–Kier alpha value is -2.21. The maximum atomic E-state index is 12.9. The average Bonchev–Trinajstić information content (AvgIpc) is 2.93. The van der Waals surface area contributed by atoms with Gasteiger partial charge in [0.15, 0.2) is 0 Å². The van der Waals surface area contributed by atoms with Gasteiger partial charge < -0.3 is 4.90 Å². The molecule has 0 aliphatic carbocycles. The largest absolute Gasteiger partial charge is 0.347 e. The molecule has 2 bridgehead atoms. The van der Waals surface area contributed by atoms with Crippen molar-refractivity contribution in [2.45, 2.75) is 64.6 Å². The highest BCUT2D eigenvalue weighted by atomic mass is 35.5. The summed E-state index contributed by atoms with van der Waals surface area (Å²) >= 11 is 6.13. The standard InChI is InChI=1S/C20H23ClN4O2/c1-12-8-13(2)24(20(27)23-12)7-3-4-19(26)25-15-5-6-18(25)16-9-14(21)11-22-17(16)10-15/h8-9,11,15,18H,3-7,10H2,1-2H3. The average molecular weight is 387 g/mol. The van der Waals surface area contributed by atoms with Crippen molar-refractivity contribution in [3.05, 3.63) is 56.5 Å². The van der Waals surface area contributed by atoms with Crippen LogP contribution in [0.3, 0.4) is 0 Å². The molecule has 4 heterocycles. The van der Waals surface area contributed by atoms with Gasteiger partial charge in [0.25, 0.3) is 0 Å². The van der Waals surface area contributed by atoms with Crippen molar-refractivity contribution < 1.29 is 4.79 Å². The minimum atomic E-state index is -0.243. The summed E-state index contributed by atoms with van der Waals surface area (Å²) in [6, 6.07) is 4.16. The molecule has 2 unspecified atom stereocenters. The number of carbonyl (C=O) groups excluding carboxylic acids is 1. The van der Waals surface area contributed by atoms with E-state index in [1.165, 1.54) is 0 Å². The molecule has 7 heteroatoms. The summed E-state index contributed by atoms with van der Waals surface area (Å²) in [5, 5.41) is 0.619. The van der Waals surface area contributed by atoms with Crippen LogP contribution in [0.5, 0.6) is 0 Å². The second-order valence-electron chi connectivity index (χ2n) is 7.52. The van der Waals surface area contributed by atoms with Crippen LogP contribution in [0.25, 0.3) is 0 Å². The molecule has 27 heavy (non-hydrogen) atoms. The monoisotopic (exact) mass is 386 g/mol. The first kappa shape index (κ1) is 18.2. The summed E-state index contributed by atoms with van der Waals surface area (Å²) in [5.41, 5.74) is 3.53. The van der Waals surface area contributed by atoms with Crippen molar-refractivity contribution in [1.82, 2.24) is 19.4 Å². The number of pyridine rings is 1. The maximum absolute atomic E-state index is 12.9. The van der Waals surface area contributed by atoms with Gasteiger partial charge in [-0.1, -0.05) is 11.6 Å². The van der Waals surface area contributed by atoms with Gasteiger partial charge in [-0.05, 0) is 50.8 Å². The number of hydrogen-bond donors (Lipinski definition) is 0. The van der Waals surface area contributed by atoms with Crippen LogP contribution >= 0.6 is 11.6 Å². The zero-order valence-corrected chi connectivity index (χ0v) is 16.4. The third kappa shape index (κ3) is 3.38. The van der Waals surface area contributed by atoms with E-state index in [-0.39, 0.29) is 23.7 Å². The number of halogens is 1. The molecule has 0 radical (unpaired) electrons. The van der Waals surface area contributed by atoms with Crippen LogP contribution < -0.4 is 5.69 Å². The fourth-order valence-electron chi connectivity index (χ4n) is 4.50. The van der Waals surface area contributed by atoms with Crippen molar-refractivity contribution >= 4 is 17.5 Å². The minimum Gasteiger partial charge on any atom is -0.332 e. The third-order valence-electron chi connectivity index (χ3n) is 5.67. The van der Waals surface area contributed by atoms with Gasteiger partial charge >= 0.3 is 5.69 Å². The summed E-state index contributed by atoms with van der Waals surface area (Å²) in [6.07, 6.45) is 5.51. The van der Waals surface area contributed by atoms with E-state index >= 15 is 0 Å². The van der Waals surface area contributed by atoms with Crippen LogP contribution in [-0.2, 0) is 17.8 Å². The summed E-state index contributed by atoms with van der Waals surface area (Å²) < 4.78 is 1.64. The van der Waals surface area contributed by atoms with Crippen LogP contribution in [0.4, 0.5) is 0 Å². The third-order valence-corrected chi connectivity index (χ3v) is 5.87. The number of rotatable bonds is 4. The van der Waals surface area contributed by atoms with Crippen LogP contribution in [-0.4, -0.2) is 31.4 Å². The SMILES string of the molecule is Cc1cc(C)n(CCCC(=O)N2C3CCC2c2cc(Cl)cnc2C3)c(=O)n1. The molecule has 0 saturated carbocycles. The van der Waals surface area contributed by atoms with Gasteiger partial charge in [-0.3, -0.25) is 14.3 Å². The number of aromatic nitrogens is 3. The van der Waals surface area contributed by atoms with E-state index in [0.717, 1.165) is 41.9 Å². The van der Waals surface area contributed by atoms with Gasteiger partial charge in [-0.25, -0.2) is 4.79 Å². The first-order chi connectivity index (χ1) is 12.9. The number of carbonyl (C=O) groups is 1.